The van der Waals surface area contributed by atoms with Crippen LogP contribution in [0, 0.1) is 5.92 Å². The van der Waals surface area contributed by atoms with E-state index in [1.807, 2.05) is 19.1 Å². The van der Waals surface area contributed by atoms with Crippen LogP contribution in [0.2, 0.25) is 0 Å². The first-order chi connectivity index (χ1) is 18.6. The van der Waals surface area contributed by atoms with Crippen LogP contribution in [0.15, 0.2) is 42.5 Å². The number of para-hydroxylation sites is 1. The summed E-state index contributed by atoms with van der Waals surface area (Å²) in [7, 11) is 3.02. The van der Waals surface area contributed by atoms with Gasteiger partial charge in [-0.25, -0.2) is 0 Å². The molecule has 0 fully saturated rings. The number of ether oxygens (including phenoxy) is 2. The summed E-state index contributed by atoms with van der Waals surface area (Å²) in [5, 5.41) is 2.99. The number of aryl methyl sites for hydroxylation is 1. The van der Waals surface area contributed by atoms with Gasteiger partial charge in [0.2, 0.25) is 5.91 Å². The molecule has 0 aliphatic carbocycles. The van der Waals surface area contributed by atoms with Gasteiger partial charge in [0.15, 0.2) is 17.2 Å². The third-order valence-electron chi connectivity index (χ3n) is 6.26. The lowest BCUT2D eigenvalue weighted by Gasteiger charge is -2.33. The predicted molar refractivity (Wildman–Crippen MR) is 152 cm³/mol. The Labute approximate surface area is 232 Å². The molecule has 0 saturated carbocycles. The lowest BCUT2D eigenvalue weighted by atomic mass is 9.99. The number of anilines is 2. The van der Waals surface area contributed by atoms with E-state index in [4.69, 9.17) is 20.9 Å². The van der Waals surface area contributed by atoms with Crippen molar-refractivity contribution in [2.75, 3.05) is 31.4 Å². The van der Waals surface area contributed by atoms with E-state index in [0.717, 1.165) is 23.5 Å². The van der Waals surface area contributed by atoms with Crippen molar-refractivity contribution >= 4 is 40.6 Å². The Morgan fingerprint density at radius 3 is 2.36 bits per heavy atom. The van der Waals surface area contributed by atoms with E-state index >= 15 is 0 Å². The molecule has 1 heterocycles. The molecule has 1 atom stereocenters. The van der Waals surface area contributed by atoms with Crippen LogP contribution in [0.25, 0.3) is 0 Å². The molecule has 3 rings (SSSR count). The first kappa shape index (κ1) is 29.4. The quantitative estimate of drug-likeness (QED) is 0.307. The molecule has 5 N–H and O–H groups in total. The van der Waals surface area contributed by atoms with E-state index in [9.17, 15) is 14.4 Å². The standard InChI is InChI=1S/C28H35N5O5S/c1-6-17-9-7-8-10-19(17)33(28(36)25-22(29)23(26(30)34)32-39-25)24(27(35)31-14-13-16(2)3)18-11-12-20(37-4)21(15-18)38-5/h7-12,15-16,24H,6,13-14,29H2,1-5H3,(H2,30,34)(H,31,35)/t24-/m0/s1. The minimum atomic E-state index is -1.12. The van der Waals surface area contributed by atoms with E-state index in [1.54, 1.807) is 30.3 Å². The van der Waals surface area contributed by atoms with Crippen molar-refractivity contribution in [2.24, 2.45) is 11.7 Å². The number of primary amides is 1. The van der Waals surface area contributed by atoms with Gasteiger partial charge in [0.05, 0.1) is 19.9 Å². The Morgan fingerprint density at radius 2 is 1.77 bits per heavy atom. The summed E-state index contributed by atoms with van der Waals surface area (Å²) in [5.74, 6) is -0.569. The number of amides is 3. The Bertz CT molecular complexity index is 1340. The van der Waals surface area contributed by atoms with Gasteiger partial charge >= 0.3 is 0 Å². The summed E-state index contributed by atoms with van der Waals surface area (Å²) in [6.07, 6.45) is 1.35. The second-order valence-corrected chi connectivity index (χ2v) is 10.1. The zero-order chi connectivity index (χ0) is 28.7. The lowest BCUT2D eigenvalue weighted by molar-refractivity contribution is -0.122. The highest BCUT2D eigenvalue weighted by molar-refractivity contribution is 7.09. The van der Waals surface area contributed by atoms with E-state index in [0.29, 0.717) is 41.6 Å². The van der Waals surface area contributed by atoms with Crippen molar-refractivity contribution in [1.82, 2.24) is 9.69 Å². The molecule has 10 nitrogen and oxygen atoms in total. The number of nitrogen functional groups attached to an aromatic ring is 1. The van der Waals surface area contributed by atoms with Gasteiger partial charge in [-0.3, -0.25) is 19.3 Å². The van der Waals surface area contributed by atoms with Crippen LogP contribution in [-0.2, 0) is 11.2 Å². The largest absolute Gasteiger partial charge is 0.493 e. The van der Waals surface area contributed by atoms with Crippen molar-refractivity contribution in [3.05, 3.63) is 64.2 Å². The fourth-order valence-corrected chi connectivity index (χ4v) is 4.91. The molecule has 0 bridgehead atoms. The number of benzene rings is 2. The molecule has 3 aromatic rings. The van der Waals surface area contributed by atoms with Crippen LogP contribution in [0.5, 0.6) is 11.5 Å². The van der Waals surface area contributed by atoms with Crippen LogP contribution < -0.4 is 31.2 Å². The first-order valence-corrected chi connectivity index (χ1v) is 13.4. The number of rotatable bonds is 12. The van der Waals surface area contributed by atoms with Gasteiger partial charge in [-0.05, 0) is 59.6 Å². The molecular weight excluding hydrogens is 518 g/mol. The van der Waals surface area contributed by atoms with E-state index in [1.165, 1.54) is 19.1 Å². The van der Waals surface area contributed by atoms with Crippen molar-refractivity contribution in [3.63, 3.8) is 0 Å². The fourth-order valence-electron chi connectivity index (χ4n) is 4.17. The zero-order valence-corrected chi connectivity index (χ0v) is 23.6. The van der Waals surface area contributed by atoms with E-state index < -0.39 is 17.9 Å². The summed E-state index contributed by atoms with van der Waals surface area (Å²) in [6.45, 7) is 6.51. The number of nitrogens with zero attached hydrogens (tertiary/aromatic N) is 2. The second-order valence-electron chi connectivity index (χ2n) is 9.29. The maximum atomic E-state index is 14.3. The maximum absolute atomic E-state index is 14.3. The number of methoxy groups -OCH3 is 2. The van der Waals surface area contributed by atoms with Gasteiger partial charge in [-0.2, -0.15) is 4.37 Å². The SMILES string of the molecule is CCc1ccccc1N(C(=O)c1snc(C(N)=O)c1N)[C@H](C(=O)NCCC(C)C)c1ccc(OC)c(OC)c1. The van der Waals surface area contributed by atoms with Crippen molar-refractivity contribution in [3.8, 4) is 11.5 Å². The second kappa shape index (κ2) is 13.1. The van der Waals surface area contributed by atoms with Crippen molar-refractivity contribution in [2.45, 2.75) is 39.7 Å². The smallest absolute Gasteiger partial charge is 0.273 e. The highest BCUT2D eigenvalue weighted by Gasteiger charge is 2.37. The van der Waals surface area contributed by atoms with Gasteiger partial charge in [-0.15, -0.1) is 0 Å². The highest BCUT2D eigenvalue weighted by Crippen LogP contribution is 2.38. The normalized spacial score (nSPS) is 11.6. The number of carbonyl (C=O) groups is 3. The summed E-state index contributed by atoms with van der Waals surface area (Å²) >= 11 is 0.765. The molecule has 2 aromatic carbocycles. The Morgan fingerprint density at radius 1 is 1.08 bits per heavy atom. The molecule has 39 heavy (non-hydrogen) atoms. The summed E-state index contributed by atoms with van der Waals surface area (Å²) < 4.78 is 14.9. The molecule has 3 amide bonds. The molecule has 0 spiro atoms. The minimum absolute atomic E-state index is 0.00941. The third-order valence-corrected chi connectivity index (χ3v) is 7.11. The molecule has 11 heteroatoms. The topological polar surface area (TPSA) is 150 Å². The Hall–Kier alpha value is -4.12. The van der Waals surface area contributed by atoms with Gasteiger partial charge in [-0.1, -0.05) is 45.0 Å². The number of nitrogens with two attached hydrogens (primary N) is 2. The average Bonchev–Trinajstić information content (AvgIpc) is 3.32. The van der Waals surface area contributed by atoms with E-state index in [-0.39, 0.29) is 22.2 Å². The number of nitrogens with one attached hydrogen (secondary N) is 1. The summed E-state index contributed by atoms with van der Waals surface area (Å²) in [5.41, 5.74) is 13.1. The zero-order valence-electron chi connectivity index (χ0n) is 22.8. The van der Waals surface area contributed by atoms with Gasteiger partial charge < -0.3 is 26.3 Å². The molecule has 0 saturated heterocycles. The fraction of sp³-hybridized carbons (Fsp3) is 0.357. The van der Waals surface area contributed by atoms with Crippen molar-refractivity contribution in [1.29, 1.82) is 0 Å². The molecule has 1 aromatic heterocycles. The molecule has 0 radical (unpaired) electrons. The van der Waals surface area contributed by atoms with Crippen molar-refractivity contribution < 1.29 is 23.9 Å². The van der Waals surface area contributed by atoms with E-state index in [2.05, 4.69) is 23.5 Å². The Kier molecular flexibility index (Phi) is 9.89. The maximum Gasteiger partial charge on any atom is 0.273 e. The molecule has 0 unspecified atom stereocenters. The molecular formula is C28H35N5O5S. The molecule has 208 valence electrons. The van der Waals surface area contributed by atoms with Gasteiger partial charge in [0.1, 0.15) is 10.9 Å². The van der Waals surface area contributed by atoms with Gasteiger partial charge in [0.25, 0.3) is 11.8 Å². The number of hydrogen-bond donors (Lipinski definition) is 3. The summed E-state index contributed by atoms with van der Waals surface area (Å²) in [4.78, 5) is 41.5. The predicted octanol–water partition coefficient (Wildman–Crippen LogP) is 3.95. The van der Waals surface area contributed by atoms with Crippen LogP contribution >= 0.6 is 11.5 Å². The van der Waals surface area contributed by atoms with Crippen LogP contribution in [0.3, 0.4) is 0 Å². The average molecular weight is 554 g/mol. The van der Waals surface area contributed by atoms with Crippen LogP contribution in [0.1, 0.15) is 64.5 Å². The monoisotopic (exact) mass is 553 g/mol. The Balaban J connectivity index is 2.26. The molecule has 0 aliphatic rings. The first-order valence-electron chi connectivity index (χ1n) is 12.6. The lowest BCUT2D eigenvalue weighted by Crippen LogP contribution is -2.44. The number of hydrogen-bond acceptors (Lipinski definition) is 8. The summed E-state index contributed by atoms with van der Waals surface area (Å²) in [6, 6.07) is 11.3. The number of aromatic nitrogens is 1. The van der Waals surface area contributed by atoms with Crippen LogP contribution in [0.4, 0.5) is 11.4 Å². The number of carbonyl (C=O) groups excluding carboxylic acids is 3. The molecule has 0 aliphatic heterocycles. The van der Waals surface area contributed by atoms with Crippen LogP contribution in [-0.4, -0.2) is 42.9 Å². The highest BCUT2D eigenvalue weighted by atomic mass is 32.1. The minimum Gasteiger partial charge on any atom is -0.493 e. The van der Waals surface area contributed by atoms with Gasteiger partial charge in [0, 0.05) is 12.2 Å². The third kappa shape index (κ3) is 6.48.